The van der Waals surface area contributed by atoms with Gasteiger partial charge in [0.05, 0.1) is 0 Å². The van der Waals surface area contributed by atoms with Crippen LogP contribution in [0.15, 0.2) is 12.3 Å². The van der Waals surface area contributed by atoms with Crippen LogP contribution in [0.5, 0.6) is 0 Å². The van der Waals surface area contributed by atoms with Gasteiger partial charge in [-0.1, -0.05) is 0 Å². The summed E-state index contributed by atoms with van der Waals surface area (Å²) in [5.74, 6) is 0. The van der Waals surface area contributed by atoms with Gasteiger partial charge < -0.3 is 0 Å². The summed E-state index contributed by atoms with van der Waals surface area (Å²) in [5.41, 5.74) is 1.60. The maximum atomic E-state index is 3.93. The van der Waals surface area contributed by atoms with Crippen molar-refractivity contribution in [2.24, 2.45) is 0 Å². The smallest absolute Gasteiger partial charge is 0.0492 e. The van der Waals surface area contributed by atoms with E-state index in [2.05, 4.69) is 28.9 Å². The summed E-state index contributed by atoms with van der Waals surface area (Å²) in [4.78, 5) is 2.46. The molecule has 1 aromatic heterocycles. The zero-order chi connectivity index (χ0) is 8.60. The lowest BCUT2D eigenvalue weighted by Gasteiger charge is -2.48. The molecule has 0 atom stereocenters. The van der Waals surface area contributed by atoms with Crippen LogP contribution in [0.4, 0.5) is 0 Å². The molecule has 2 heterocycles. The standard InChI is InChI=1S/C9H15N3/c1-9(2)4-6-12(9)7-8-3-5-10-11-8/h3,5H,4,6-7H2,1-2H3,(H,10,11). The Morgan fingerprint density at radius 1 is 1.67 bits per heavy atom. The minimum Gasteiger partial charge on any atom is -0.292 e. The van der Waals surface area contributed by atoms with Gasteiger partial charge in [0.25, 0.3) is 0 Å². The Bertz CT molecular complexity index is 251. The molecule has 1 N–H and O–H groups in total. The third kappa shape index (κ3) is 1.25. The molecule has 1 fully saturated rings. The third-order valence-electron chi connectivity index (χ3n) is 2.77. The number of nitrogens with one attached hydrogen (secondary N) is 1. The normalized spacial score (nSPS) is 22.2. The van der Waals surface area contributed by atoms with Gasteiger partial charge >= 0.3 is 0 Å². The first-order valence-corrected chi connectivity index (χ1v) is 4.42. The molecule has 3 nitrogen and oxygen atoms in total. The van der Waals surface area contributed by atoms with Crippen molar-refractivity contribution in [3.8, 4) is 0 Å². The van der Waals surface area contributed by atoms with E-state index in [4.69, 9.17) is 0 Å². The van der Waals surface area contributed by atoms with E-state index in [0.29, 0.717) is 5.54 Å². The van der Waals surface area contributed by atoms with Gasteiger partial charge in [0.15, 0.2) is 0 Å². The molecule has 1 aliphatic heterocycles. The molecule has 0 amide bonds. The number of hydrogen-bond donors (Lipinski definition) is 1. The summed E-state index contributed by atoms with van der Waals surface area (Å²) in [7, 11) is 0. The lowest BCUT2D eigenvalue weighted by Crippen LogP contribution is -2.54. The second-order valence-electron chi connectivity index (χ2n) is 4.07. The highest BCUT2D eigenvalue weighted by Crippen LogP contribution is 2.30. The van der Waals surface area contributed by atoms with Crippen LogP contribution in [0.3, 0.4) is 0 Å². The van der Waals surface area contributed by atoms with Crippen molar-refractivity contribution in [1.29, 1.82) is 0 Å². The molecule has 0 aliphatic carbocycles. The highest BCUT2D eigenvalue weighted by Gasteiger charge is 2.35. The van der Waals surface area contributed by atoms with Crippen LogP contribution in [0.2, 0.25) is 0 Å². The molecule has 66 valence electrons. The van der Waals surface area contributed by atoms with Crippen molar-refractivity contribution in [3.05, 3.63) is 18.0 Å². The quantitative estimate of drug-likeness (QED) is 0.718. The topological polar surface area (TPSA) is 31.9 Å². The highest BCUT2D eigenvalue weighted by molar-refractivity contribution is 5.01. The Morgan fingerprint density at radius 3 is 2.92 bits per heavy atom. The first kappa shape index (κ1) is 7.80. The Labute approximate surface area is 72.8 Å². The predicted octanol–water partition coefficient (Wildman–Crippen LogP) is 1.39. The van der Waals surface area contributed by atoms with E-state index >= 15 is 0 Å². The van der Waals surface area contributed by atoms with Crippen LogP contribution in [0.1, 0.15) is 26.0 Å². The van der Waals surface area contributed by atoms with Crippen LogP contribution in [-0.2, 0) is 6.54 Å². The zero-order valence-electron chi connectivity index (χ0n) is 7.67. The fraction of sp³-hybridized carbons (Fsp3) is 0.667. The monoisotopic (exact) mass is 165 g/mol. The average Bonchev–Trinajstić information content (AvgIpc) is 2.50. The van der Waals surface area contributed by atoms with E-state index < -0.39 is 0 Å². The molecule has 0 aromatic carbocycles. The molecule has 0 radical (unpaired) electrons. The number of H-pyrrole nitrogens is 1. The number of likely N-dealkylation sites (tertiary alicyclic amines) is 1. The number of rotatable bonds is 2. The van der Waals surface area contributed by atoms with E-state index in [-0.39, 0.29) is 0 Å². The Morgan fingerprint density at radius 2 is 2.50 bits per heavy atom. The van der Waals surface area contributed by atoms with Crippen molar-refractivity contribution in [1.82, 2.24) is 15.1 Å². The second-order valence-corrected chi connectivity index (χ2v) is 4.07. The van der Waals surface area contributed by atoms with Gasteiger partial charge in [-0.3, -0.25) is 10.00 Å². The highest BCUT2D eigenvalue weighted by atomic mass is 15.3. The van der Waals surface area contributed by atoms with Crippen molar-refractivity contribution in [3.63, 3.8) is 0 Å². The SMILES string of the molecule is CC1(C)CCN1Cc1ccn[nH]1. The van der Waals surface area contributed by atoms with Crippen LogP contribution in [0, 0.1) is 0 Å². The van der Waals surface area contributed by atoms with E-state index in [9.17, 15) is 0 Å². The fourth-order valence-corrected chi connectivity index (χ4v) is 1.59. The number of nitrogens with zero attached hydrogens (tertiary/aromatic N) is 2. The minimum atomic E-state index is 0.394. The average molecular weight is 165 g/mol. The Hall–Kier alpha value is -0.830. The van der Waals surface area contributed by atoms with Gasteiger partial charge in [-0.05, 0) is 26.3 Å². The summed E-state index contributed by atoms with van der Waals surface area (Å²) in [6, 6.07) is 2.04. The molecule has 2 rings (SSSR count). The van der Waals surface area contributed by atoms with Gasteiger partial charge in [0.2, 0.25) is 0 Å². The Kier molecular flexibility index (Phi) is 1.68. The molecule has 1 saturated heterocycles. The second kappa shape index (κ2) is 2.59. The third-order valence-corrected chi connectivity index (χ3v) is 2.77. The summed E-state index contributed by atoms with van der Waals surface area (Å²) in [5, 5.41) is 6.91. The lowest BCUT2D eigenvalue weighted by atomic mass is 9.89. The molecule has 0 spiro atoms. The fourth-order valence-electron chi connectivity index (χ4n) is 1.59. The summed E-state index contributed by atoms with van der Waals surface area (Å²) >= 11 is 0. The van der Waals surface area contributed by atoms with Crippen molar-refractivity contribution >= 4 is 0 Å². The van der Waals surface area contributed by atoms with Crippen LogP contribution in [-0.4, -0.2) is 27.2 Å². The summed E-state index contributed by atoms with van der Waals surface area (Å²) in [6.07, 6.45) is 3.11. The number of aromatic nitrogens is 2. The van der Waals surface area contributed by atoms with E-state index in [1.54, 1.807) is 0 Å². The molecular weight excluding hydrogens is 150 g/mol. The molecule has 1 aromatic rings. The summed E-state index contributed by atoms with van der Waals surface area (Å²) in [6.45, 7) is 6.79. The van der Waals surface area contributed by atoms with Crippen molar-refractivity contribution < 1.29 is 0 Å². The van der Waals surface area contributed by atoms with Gasteiger partial charge in [0, 0.05) is 30.5 Å². The molecule has 0 bridgehead atoms. The van der Waals surface area contributed by atoms with Gasteiger partial charge in [-0.15, -0.1) is 0 Å². The summed E-state index contributed by atoms with van der Waals surface area (Å²) < 4.78 is 0. The van der Waals surface area contributed by atoms with Gasteiger partial charge in [0.1, 0.15) is 0 Å². The van der Waals surface area contributed by atoms with E-state index in [1.807, 2.05) is 12.3 Å². The molecule has 12 heavy (non-hydrogen) atoms. The zero-order valence-corrected chi connectivity index (χ0v) is 7.67. The van der Waals surface area contributed by atoms with Crippen molar-refractivity contribution in [2.75, 3.05) is 6.54 Å². The van der Waals surface area contributed by atoms with Crippen LogP contribution in [0.25, 0.3) is 0 Å². The lowest BCUT2D eigenvalue weighted by molar-refractivity contribution is 0.00684. The largest absolute Gasteiger partial charge is 0.292 e. The number of hydrogen-bond acceptors (Lipinski definition) is 2. The predicted molar refractivity (Wildman–Crippen MR) is 47.7 cm³/mol. The maximum Gasteiger partial charge on any atom is 0.0492 e. The van der Waals surface area contributed by atoms with Gasteiger partial charge in [-0.2, -0.15) is 5.10 Å². The first-order chi connectivity index (χ1) is 5.68. The minimum absolute atomic E-state index is 0.394. The van der Waals surface area contributed by atoms with Crippen molar-refractivity contribution in [2.45, 2.75) is 32.4 Å². The Balaban J connectivity index is 1.97. The molecular formula is C9H15N3. The molecule has 1 aliphatic rings. The molecule has 0 unspecified atom stereocenters. The first-order valence-electron chi connectivity index (χ1n) is 4.42. The molecule has 3 heteroatoms. The van der Waals surface area contributed by atoms with E-state index in [0.717, 1.165) is 6.54 Å². The van der Waals surface area contributed by atoms with Gasteiger partial charge in [-0.25, -0.2) is 0 Å². The maximum absolute atomic E-state index is 3.93. The molecule has 0 saturated carbocycles. The van der Waals surface area contributed by atoms with E-state index in [1.165, 1.54) is 18.7 Å². The number of aromatic amines is 1. The van der Waals surface area contributed by atoms with Crippen LogP contribution >= 0.6 is 0 Å². The van der Waals surface area contributed by atoms with Crippen LogP contribution < -0.4 is 0 Å².